The highest BCUT2D eigenvalue weighted by atomic mass is 32.2. The molecule has 0 spiro atoms. The number of carbonyl (C=O) groups is 1. The fraction of sp³-hybridized carbons (Fsp3) is 0.417. The van der Waals surface area contributed by atoms with Gasteiger partial charge in [0.05, 0.1) is 10.3 Å². The summed E-state index contributed by atoms with van der Waals surface area (Å²) in [6.45, 7) is 8.93. The van der Waals surface area contributed by atoms with Gasteiger partial charge in [-0.05, 0) is 22.6 Å². The maximum atomic E-state index is 12.4. The van der Waals surface area contributed by atoms with Gasteiger partial charge in [0.15, 0.2) is 12.3 Å². The van der Waals surface area contributed by atoms with E-state index in [4.69, 9.17) is 9.57 Å². The van der Waals surface area contributed by atoms with Crippen molar-refractivity contribution in [2.24, 2.45) is 12.2 Å². The minimum atomic E-state index is -0.543. The SMILES string of the molecule is CC(C)SC(COC(=O)Nc1cccc(CO/N=C(/c2ccccc2)c2nnnn2C)n1)SC(C)C. The van der Waals surface area contributed by atoms with Crippen molar-refractivity contribution in [3.8, 4) is 0 Å². The van der Waals surface area contributed by atoms with E-state index in [-0.39, 0.29) is 11.2 Å². The molecule has 3 rings (SSSR count). The molecule has 0 atom stereocenters. The summed E-state index contributed by atoms with van der Waals surface area (Å²) in [4.78, 5) is 22.4. The minimum Gasteiger partial charge on any atom is -0.447 e. The second-order valence-corrected chi connectivity index (χ2v) is 12.1. The van der Waals surface area contributed by atoms with Crippen molar-refractivity contribution in [3.05, 3.63) is 65.6 Å². The summed E-state index contributed by atoms with van der Waals surface area (Å²) in [6, 6.07) is 14.8. The highest BCUT2D eigenvalue weighted by Crippen LogP contribution is 2.30. The van der Waals surface area contributed by atoms with Crippen LogP contribution in [0, 0.1) is 0 Å². The molecule has 0 saturated carbocycles. The first-order chi connectivity index (χ1) is 17.3. The average Bonchev–Trinajstić information content (AvgIpc) is 3.26. The minimum absolute atomic E-state index is 0.0876. The van der Waals surface area contributed by atoms with Crippen LogP contribution in [0.25, 0.3) is 0 Å². The van der Waals surface area contributed by atoms with E-state index in [0.717, 1.165) is 5.56 Å². The van der Waals surface area contributed by atoms with Gasteiger partial charge in [-0.1, -0.05) is 69.2 Å². The summed E-state index contributed by atoms with van der Waals surface area (Å²) in [5, 5.41) is 19.5. The maximum absolute atomic E-state index is 12.4. The topological polar surface area (TPSA) is 116 Å². The fourth-order valence-electron chi connectivity index (χ4n) is 3.04. The van der Waals surface area contributed by atoms with Crippen LogP contribution in [0.3, 0.4) is 0 Å². The van der Waals surface area contributed by atoms with Gasteiger partial charge in [0.25, 0.3) is 0 Å². The van der Waals surface area contributed by atoms with Gasteiger partial charge in [-0.3, -0.25) is 5.32 Å². The Balaban J connectivity index is 1.60. The van der Waals surface area contributed by atoms with Gasteiger partial charge in [0, 0.05) is 23.1 Å². The van der Waals surface area contributed by atoms with Gasteiger partial charge in [-0.25, -0.2) is 14.5 Å². The molecule has 1 aromatic carbocycles. The van der Waals surface area contributed by atoms with E-state index in [2.05, 4.69) is 58.7 Å². The number of ether oxygens (including phenoxy) is 1. The molecular weight excluding hydrogens is 498 g/mol. The van der Waals surface area contributed by atoms with Crippen molar-refractivity contribution < 1.29 is 14.4 Å². The number of rotatable bonds is 12. The number of anilines is 1. The van der Waals surface area contributed by atoms with E-state index in [1.54, 1.807) is 48.8 Å². The van der Waals surface area contributed by atoms with Crippen LogP contribution in [0.15, 0.2) is 53.7 Å². The number of nitrogens with zero attached hydrogens (tertiary/aromatic N) is 6. The zero-order chi connectivity index (χ0) is 25.9. The molecule has 1 amide bonds. The van der Waals surface area contributed by atoms with Crippen LogP contribution < -0.4 is 5.32 Å². The first kappa shape index (κ1) is 27.5. The Kier molecular flexibility index (Phi) is 10.6. The summed E-state index contributed by atoms with van der Waals surface area (Å²) in [5.41, 5.74) is 1.89. The normalized spacial score (nSPS) is 11.8. The van der Waals surface area contributed by atoms with Gasteiger partial charge in [0.2, 0.25) is 5.82 Å². The van der Waals surface area contributed by atoms with Crippen molar-refractivity contribution in [1.29, 1.82) is 0 Å². The number of benzene rings is 1. The van der Waals surface area contributed by atoms with E-state index in [9.17, 15) is 4.79 Å². The fourth-order valence-corrected chi connectivity index (χ4v) is 6.14. The molecule has 0 aliphatic carbocycles. The number of thioether (sulfide) groups is 2. The number of oxime groups is 1. The van der Waals surface area contributed by atoms with Gasteiger partial charge in [-0.2, -0.15) is 0 Å². The molecular formula is C24H31N7O3S2. The van der Waals surface area contributed by atoms with Crippen LogP contribution in [0.4, 0.5) is 10.6 Å². The first-order valence-electron chi connectivity index (χ1n) is 11.5. The summed E-state index contributed by atoms with van der Waals surface area (Å²) in [7, 11) is 1.73. The molecule has 192 valence electrons. The smallest absolute Gasteiger partial charge is 0.412 e. The van der Waals surface area contributed by atoms with Gasteiger partial charge in [0.1, 0.15) is 12.4 Å². The quantitative estimate of drug-likeness (QED) is 0.202. The molecule has 36 heavy (non-hydrogen) atoms. The number of hydrogen-bond acceptors (Lipinski definition) is 10. The number of pyridine rings is 1. The molecule has 0 radical (unpaired) electrons. The molecule has 0 fully saturated rings. The number of tetrazole rings is 1. The lowest BCUT2D eigenvalue weighted by atomic mass is 10.1. The Morgan fingerprint density at radius 1 is 1.06 bits per heavy atom. The van der Waals surface area contributed by atoms with Crippen molar-refractivity contribution in [1.82, 2.24) is 25.2 Å². The van der Waals surface area contributed by atoms with Crippen LogP contribution >= 0.6 is 23.5 Å². The molecule has 0 bridgehead atoms. The lowest BCUT2D eigenvalue weighted by molar-refractivity contribution is 0.128. The molecule has 0 aliphatic heterocycles. The predicted octanol–water partition coefficient (Wildman–Crippen LogP) is 4.73. The highest BCUT2D eigenvalue weighted by molar-refractivity contribution is 8.17. The molecule has 0 aliphatic rings. The van der Waals surface area contributed by atoms with E-state index < -0.39 is 6.09 Å². The molecule has 12 heteroatoms. The Bertz CT molecular complexity index is 1130. The van der Waals surface area contributed by atoms with Crippen molar-refractivity contribution >= 4 is 41.1 Å². The number of amides is 1. The lowest BCUT2D eigenvalue weighted by Crippen LogP contribution is -2.21. The van der Waals surface area contributed by atoms with E-state index >= 15 is 0 Å². The third-order valence-corrected chi connectivity index (χ3v) is 7.12. The van der Waals surface area contributed by atoms with E-state index in [1.165, 1.54) is 4.68 Å². The van der Waals surface area contributed by atoms with Crippen LogP contribution in [0.5, 0.6) is 0 Å². The zero-order valence-electron chi connectivity index (χ0n) is 21.0. The number of carbonyl (C=O) groups excluding carboxylic acids is 1. The van der Waals surface area contributed by atoms with Crippen molar-refractivity contribution in [3.63, 3.8) is 0 Å². The number of aromatic nitrogens is 5. The number of hydrogen-bond donors (Lipinski definition) is 1. The number of aryl methyl sites for hydroxylation is 1. The third kappa shape index (κ3) is 8.83. The van der Waals surface area contributed by atoms with Crippen LogP contribution in [0.1, 0.15) is 44.8 Å². The second kappa shape index (κ2) is 13.8. The largest absolute Gasteiger partial charge is 0.447 e. The Morgan fingerprint density at radius 3 is 2.42 bits per heavy atom. The monoisotopic (exact) mass is 529 g/mol. The van der Waals surface area contributed by atoms with Crippen molar-refractivity contribution in [2.45, 2.75) is 49.4 Å². The summed E-state index contributed by atoms with van der Waals surface area (Å²) in [6.07, 6.45) is -0.543. The third-order valence-electron chi connectivity index (χ3n) is 4.48. The molecule has 1 N–H and O–H groups in total. The summed E-state index contributed by atoms with van der Waals surface area (Å²) >= 11 is 3.58. The Morgan fingerprint density at radius 2 is 1.78 bits per heavy atom. The first-order valence-corrected chi connectivity index (χ1v) is 13.4. The maximum Gasteiger partial charge on any atom is 0.412 e. The van der Waals surface area contributed by atoms with Gasteiger partial charge in [-0.15, -0.1) is 28.6 Å². The lowest BCUT2D eigenvalue weighted by Gasteiger charge is -2.20. The molecule has 10 nitrogen and oxygen atoms in total. The highest BCUT2D eigenvalue weighted by Gasteiger charge is 2.17. The molecule has 2 aromatic heterocycles. The zero-order valence-corrected chi connectivity index (χ0v) is 22.6. The van der Waals surface area contributed by atoms with Crippen molar-refractivity contribution in [2.75, 3.05) is 11.9 Å². The van der Waals surface area contributed by atoms with E-state index in [0.29, 0.717) is 40.2 Å². The van der Waals surface area contributed by atoms with Gasteiger partial charge >= 0.3 is 6.09 Å². The predicted molar refractivity (Wildman–Crippen MR) is 144 cm³/mol. The van der Waals surface area contributed by atoms with Gasteiger partial charge < -0.3 is 9.57 Å². The van der Waals surface area contributed by atoms with Crippen LogP contribution in [0.2, 0.25) is 0 Å². The van der Waals surface area contributed by atoms with E-state index in [1.807, 2.05) is 30.3 Å². The second-order valence-electron chi connectivity index (χ2n) is 8.24. The van der Waals surface area contributed by atoms with Crippen LogP contribution in [-0.4, -0.2) is 58.7 Å². The molecule has 2 heterocycles. The Hall–Kier alpha value is -3.12. The number of nitrogens with one attached hydrogen (secondary N) is 1. The average molecular weight is 530 g/mol. The standard InChI is InChI=1S/C24H31N7O3S2/c1-16(2)35-21(36-17(3)4)15-33-24(32)26-20-13-9-12-19(25-20)14-34-28-22(18-10-7-6-8-11-18)23-27-29-30-31(23)5/h6-13,16-17,21H,14-15H2,1-5H3,(H,25,26,32)/b28-22-. The molecule has 0 saturated heterocycles. The summed E-state index contributed by atoms with van der Waals surface area (Å²) < 4.78 is 7.15. The molecule has 3 aromatic rings. The Labute approximate surface area is 219 Å². The summed E-state index contributed by atoms with van der Waals surface area (Å²) in [5.74, 6) is 0.840. The van der Waals surface area contributed by atoms with Crippen LogP contribution in [-0.2, 0) is 23.2 Å². The molecule has 0 unspecified atom stereocenters.